The van der Waals surface area contributed by atoms with Crippen LogP contribution in [0.25, 0.3) is 10.9 Å². The number of hydrogen-bond acceptors (Lipinski definition) is 3. The smallest absolute Gasteiger partial charge is 0.339 e. The van der Waals surface area contributed by atoms with Gasteiger partial charge in [-0.2, -0.15) is 0 Å². The molecule has 19 heavy (non-hydrogen) atoms. The van der Waals surface area contributed by atoms with E-state index in [1.54, 1.807) is 0 Å². The average Bonchev–Trinajstić information content (AvgIpc) is 2.83. The van der Waals surface area contributed by atoms with Crippen molar-refractivity contribution >= 4 is 22.6 Å². The zero-order chi connectivity index (χ0) is 13.4. The number of anilines is 1. The van der Waals surface area contributed by atoms with Crippen molar-refractivity contribution in [2.24, 2.45) is 0 Å². The molecule has 0 spiro atoms. The van der Waals surface area contributed by atoms with Crippen LogP contribution in [0.5, 0.6) is 0 Å². The highest BCUT2D eigenvalue weighted by molar-refractivity contribution is 6.04. The lowest BCUT2D eigenvalue weighted by atomic mass is 10.1. The number of hydrogen-bond donors (Lipinski definition) is 1. The maximum atomic E-state index is 11.5. The van der Waals surface area contributed by atoms with Crippen LogP contribution in [-0.4, -0.2) is 28.6 Å². The first kappa shape index (κ1) is 12.0. The summed E-state index contributed by atoms with van der Waals surface area (Å²) in [6, 6.07) is 8.11. The van der Waals surface area contributed by atoms with Gasteiger partial charge in [0.25, 0.3) is 0 Å². The Morgan fingerprint density at radius 1 is 1.42 bits per heavy atom. The number of benzene rings is 1. The summed E-state index contributed by atoms with van der Waals surface area (Å²) >= 11 is 0. The van der Waals surface area contributed by atoms with E-state index in [0.29, 0.717) is 11.6 Å². The van der Waals surface area contributed by atoms with Crippen molar-refractivity contribution in [3.63, 3.8) is 0 Å². The van der Waals surface area contributed by atoms with Gasteiger partial charge in [0.1, 0.15) is 5.56 Å². The number of rotatable bonds is 2. The maximum absolute atomic E-state index is 11.5. The molecule has 1 aliphatic rings. The Kier molecular flexibility index (Phi) is 2.85. The lowest BCUT2D eigenvalue weighted by Crippen LogP contribution is -2.28. The highest BCUT2D eigenvalue weighted by atomic mass is 16.4. The molecule has 0 saturated carbocycles. The van der Waals surface area contributed by atoms with Crippen LogP contribution in [0.1, 0.15) is 30.1 Å². The summed E-state index contributed by atoms with van der Waals surface area (Å²) in [7, 11) is 0. The summed E-state index contributed by atoms with van der Waals surface area (Å²) in [6.07, 6.45) is 3.69. The molecule has 3 rings (SSSR count). The summed E-state index contributed by atoms with van der Waals surface area (Å²) in [6.45, 7) is 3.06. The number of carboxylic acid groups (broad SMARTS) is 1. The van der Waals surface area contributed by atoms with Gasteiger partial charge in [0.05, 0.1) is 11.2 Å². The largest absolute Gasteiger partial charge is 0.478 e. The normalized spacial score (nSPS) is 19.0. The number of aromatic carboxylic acids is 1. The quantitative estimate of drug-likeness (QED) is 0.897. The fraction of sp³-hybridized carbons (Fsp3) is 0.333. The van der Waals surface area contributed by atoms with E-state index in [2.05, 4.69) is 16.8 Å². The number of carbonyl (C=O) groups is 1. The molecule has 0 radical (unpaired) electrons. The zero-order valence-electron chi connectivity index (χ0n) is 10.8. The summed E-state index contributed by atoms with van der Waals surface area (Å²) < 4.78 is 0. The van der Waals surface area contributed by atoms with Crippen LogP contribution in [0.15, 0.2) is 30.5 Å². The van der Waals surface area contributed by atoms with Crippen molar-refractivity contribution in [1.29, 1.82) is 0 Å². The van der Waals surface area contributed by atoms with Gasteiger partial charge in [0.2, 0.25) is 0 Å². The van der Waals surface area contributed by atoms with Gasteiger partial charge >= 0.3 is 5.97 Å². The van der Waals surface area contributed by atoms with E-state index in [1.165, 1.54) is 6.20 Å². The molecule has 4 heteroatoms. The molecule has 0 bridgehead atoms. The number of fused-ring (bicyclic) bond motifs is 1. The van der Waals surface area contributed by atoms with Crippen molar-refractivity contribution in [1.82, 2.24) is 4.98 Å². The van der Waals surface area contributed by atoms with Gasteiger partial charge in [-0.05, 0) is 25.8 Å². The number of para-hydroxylation sites is 1. The Balaban J connectivity index is 2.28. The van der Waals surface area contributed by atoms with E-state index < -0.39 is 5.97 Å². The van der Waals surface area contributed by atoms with Gasteiger partial charge in [-0.3, -0.25) is 4.98 Å². The molecule has 1 aromatic carbocycles. The van der Waals surface area contributed by atoms with E-state index >= 15 is 0 Å². The minimum atomic E-state index is -0.910. The third kappa shape index (κ3) is 1.93. The zero-order valence-corrected chi connectivity index (χ0v) is 10.8. The summed E-state index contributed by atoms with van der Waals surface area (Å²) in [5.41, 5.74) is 1.97. The standard InChI is InChI=1S/C15H16N2O2/c1-10-5-4-8-17(10)14-11-6-2-3-7-13(11)16-9-12(14)15(18)19/h2-3,6-7,9-10H,4-5,8H2,1H3,(H,18,19). The second kappa shape index (κ2) is 4.53. The Hall–Kier alpha value is -2.10. The molecule has 1 aromatic heterocycles. The molecule has 98 valence electrons. The molecule has 1 saturated heterocycles. The van der Waals surface area contributed by atoms with Crippen LogP contribution in [0, 0.1) is 0 Å². The molecule has 0 amide bonds. The number of carboxylic acids is 1. The predicted molar refractivity (Wildman–Crippen MR) is 74.7 cm³/mol. The van der Waals surface area contributed by atoms with Gasteiger partial charge in [0, 0.05) is 24.2 Å². The number of aromatic nitrogens is 1. The molecule has 4 nitrogen and oxygen atoms in total. The first-order valence-electron chi connectivity index (χ1n) is 6.56. The van der Waals surface area contributed by atoms with E-state index in [9.17, 15) is 9.90 Å². The average molecular weight is 256 g/mol. The molecule has 1 fully saturated rings. The van der Waals surface area contributed by atoms with Crippen molar-refractivity contribution in [2.75, 3.05) is 11.4 Å². The Bertz CT molecular complexity index is 639. The van der Waals surface area contributed by atoms with Gasteiger partial charge in [-0.25, -0.2) is 4.79 Å². The van der Waals surface area contributed by atoms with Crippen LogP contribution in [0.2, 0.25) is 0 Å². The molecule has 1 N–H and O–H groups in total. The Morgan fingerprint density at radius 3 is 2.89 bits per heavy atom. The van der Waals surface area contributed by atoms with Crippen molar-refractivity contribution < 1.29 is 9.90 Å². The Labute approximate surface area is 111 Å². The van der Waals surface area contributed by atoms with Crippen LogP contribution >= 0.6 is 0 Å². The predicted octanol–water partition coefficient (Wildman–Crippen LogP) is 2.92. The van der Waals surface area contributed by atoms with Gasteiger partial charge < -0.3 is 10.0 Å². The fourth-order valence-electron chi connectivity index (χ4n) is 2.86. The van der Waals surface area contributed by atoms with Crippen LogP contribution < -0.4 is 4.90 Å². The first-order valence-corrected chi connectivity index (χ1v) is 6.56. The van der Waals surface area contributed by atoms with Crippen LogP contribution in [0.3, 0.4) is 0 Å². The van der Waals surface area contributed by atoms with Crippen molar-refractivity contribution in [2.45, 2.75) is 25.8 Å². The molecular formula is C15H16N2O2. The molecule has 1 aliphatic heterocycles. The molecule has 1 atom stereocenters. The highest BCUT2D eigenvalue weighted by Gasteiger charge is 2.26. The maximum Gasteiger partial charge on any atom is 0.339 e. The van der Waals surface area contributed by atoms with E-state index in [4.69, 9.17) is 0 Å². The summed E-state index contributed by atoms with van der Waals surface area (Å²) in [5.74, 6) is -0.910. The van der Waals surface area contributed by atoms with Gasteiger partial charge in [0.15, 0.2) is 0 Å². The van der Waals surface area contributed by atoms with Gasteiger partial charge in [-0.1, -0.05) is 18.2 Å². The molecule has 1 unspecified atom stereocenters. The molecule has 2 heterocycles. The second-order valence-corrected chi connectivity index (χ2v) is 5.03. The van der Waals surface area contributed by atoms with E-state index in [1.807, 2.05) is 24.3 Å². The number of nitrogens with zero attached hydrogens (tertiary/aromatic N) is 2. The summed E-state index contributed by atoms with van der Waals surface area (Å²) in [4.78, 5) is 17.9. The lowest BCUT2D eigenvalue weighted by molar-refractivity contribution is 0.0697. The van der Waals surface area contributed by atoms with Gasteiger partial charge in [-0.15, -0.1) is 0 Å². The number of pyridine rings is 1. The van der Waals surface area contributed by atoms with Crippen LogP contribution in [0.4, 0.5) is 5.69 Å². The van der Waals surface area contributed by atoms with E-state index in [0.717, 1.165) is 36.0 Å². The van der Waals surface area contributed by atoms with E-state index in [-0.39, 0.29) is 0 Å². The lowest BCUT2D eigenvalue weighted by Gasteiger charge is -2.26. The Morgan fingerprint density at radius 2 is 2.21 bits per heavy atom. The SMILES string of the molecule is CC1CCCN1c1c(C(=O)O)cnc2ccccc12. The molecular weight excluding hydrogens is 240 g/mol. The molecule has 2 aromatic rings. The van der Waals surface area contributed by atoms with Crippen molar-refractivity contribution in [3.05, 3.63) is 36.0 Å². The highest BCUT2D eigenvalue weighted by Crippen LogP contribution is 2.34. The first-order chi connectivity index (χ1) is 9.18. The van der Waals surface area contributed by atoms with Crippen LogP contribution in [-0.2, 0) is 0 Å². The van der Waals surface area contributed by atoms with Crippen molar-refractivity contribution in [3.8, 4) is 0 Å². The fourth-order valence-corrected chi connectivity index (χ4v) is 2.86. The second-order valence-electron chi connectivity index (χ2n) is 5.03. The summed E-state index contributed by atoms with van der Waals surface area (Å²) in [5, 5.41) is 10.3. The third-order valence-electron chi connectivity index (χ3n) is 3.82. The topological polar surface area (TPSA) is 53.4 Å². The minimum absolute atomic E-state index is 0.299. The minimum Gasteiger partial charge on any atom is -0.478 e. The molecule has 0 aliphatic carbocycles. The third-order valence-corrected chi connectivity index (χ3v) is 3.82. The monoisotopic (exact) mass is 256 g/mol.